The fourth-order valence-corrected chi connectivity index (χ4v) is 1.76. The summed E-state index contributed by atoms with van der Waals surface area (Å²) in [6.07, 6.45) is 6.49. The van der Waals surface area contributed by atoms with Crippen LogP contribution < -0.4 is 0 Å². The molecule has 0 N–H and O–H groups in total. The molecule has 0 radical (unpaired) electrons. The molecule has 0 amide bonds. The highest BCUT2D eigenvalue weighted by Crippen LogP contribution is 2.31. The van der Waals surface area contributed by atoms with Gasteiger partial charge in [-0.2, -0.15) is 0 Å². The molecule has 1 rings (SSSR count). The van der Waals surface area contributed by atoms with Crippen molar-refractivity contribution in [1.82, 2.24) is 0 Å². The normalized spacial score (nSPS) is 20.4. The number of ketones is 1. The summed E-state index contributed by atoms with van der Waals surface area (Å²) >= 11 is 0. The number of carbonyl (C=O) groups excluding carboxylic acids is 1. The van der Waals surface area contributed by atoms with E-state index in [1.54, 1.807) is 7.11 Å². The van der Waals surface area contributed by atoms with Gasteiger partial charge in [0, 0.05) is 20.0 Å². The maximum atomic E-state index is 11.0. The molecule has 0 atom stereocenters. The predicted molar refractivity (Wildman–Crippen MR) is 54.0 cm³/mol. The number of ether oxygens (including phenoxy) is 2. The van der Waals surface area contributed by atoms with Crippen molar-refractivity contribution in [1.29, 1.82) is 0 Å². The monoisotopic (exact) mass is 198 g/mol. The van der Waals surface area contributed by atoms with Crippen molar-refractivity contribution >= 4 is 5.78 Å². The molecule has 1 aliphatic rings. The molecule has 1 aliphatic carbocycles. The zero-order valence-electron chi connectivity index (χ0n) is 8.75. The van der Waals surface area contributed by atoms with Crippen LogP contribution in [0.5, 0.6) is 0 Å². The predicted octanol–water partition coefficient (Wildman–Crippen LogP) is 2.06. The van der Waals surface area contributed by atoms with Gasteiger partial charge in [-0.05, 0) is 18.9 Å². The highest BCUT2D eigenvalue weighted by Gasteiger charge is 2.32. The summed E-state index contributed by atoms with van der Waals surface area (Å²) in [7, 11) is 1.64. The molecular weight excluding hydrogens is 180 g/mol. The van der Waals surface area contributed by atoms with Crippen LogP contribution in [-0.2, 0) is 14.3 Å². The third kappa shape index (κ3) is 2.93. The van der Waals surface area contributed by atoms with Gasteiger partial charge in [-0.15, -0.1) is 0 Å². The molecule has 0 spiro atoms. The van der Waals surface area contributed by atoms with Crippen LogP contribution in [0.4, 0.5) is 0 Å². The summed E-state index contributed by atoms with van der Waals surface area (Å²) in [5.74, 6) is -0.608. The molecule has 0 saturated heterocycles. The zero-order valence-corrected chi connectivity index (χ0v) is 8.75. The smallest absolute Gasteiger partial charge is 0.180 e. The van der Waals surface area contributed by atoms with E-state index in [0.717, 1.165) is 25.7 Å². The van der Waals surface area contributed by atoms with Crippen LogP contribution in [0.25, 0.3) is 0 Å². The lowest BCUT2D eigenvalue weighted by molar-refractivity contribution is -0.235. The van der Waals surface area contributed by atoms with Gasteiger partial charge in [0.05, 0.1) is 0 Å². The van der Waals surface area contributed by atoms with E-state index in [0.29, 0.717) is 0 Å². The molecule has 0 aromatic rings. The Labute approximate surface area is 85.1 Å². The van der Waals surface area contributed by atoms with E-state index in [4.69, 9.17) is 9.47 Å². The summed E-state index contributed by atoms with van der Waals surface area (Å²) in [5, 5.41) is 0. The average Bonchev–Trinajstić information content (AvgIpc) is 2.27. The van der Waals surface area contributed by atoms with Crippen molar-refractivity contribution in [2.75, 3.05) is 13.7 Å². The molecule has 0 aliphatic heterocycles. The minimum Gasteiger partial charge on any atom is -0.353 e. The first-order valence-electron chi connectivity index (χ1n) is 5.07. The number of rotatable bonds is 5. The Bertz CT molecular complexity index is 205. The van der Waals surface area contributed by atoms with Crippen LogP contribution >= 0.6 is 0 Å². The molecule has 3 heteroatoms. The van der Waals surface area contributed by atoms with Crippen molar-refractivity contribution in [2.24, 2.45) is 0 Å². The first kappa shape index (κ1) is 11.4. The van der Waals surface area contributed by atoms with Gasteiger partial charge in [0.2, 0.25) is 0 Å². The fourth-order valence-electron chi connectivity index (χ4n) is 1.76. The number of hydrogen-bond donors (Lipinski definition) is 0. The maximum absolute atomic E-state index is 11.0. The van der Waals surface area contributed by atoms with Crippen molar-refractivity contribution in [3.05, 3.63) is 12.7 Å². The molecule has 0 bridgehead atoms. The van der Waals surface area contributed by atoms with E-state index >= 15 is 0 Å². The van der Waals surface area contributed by atoms with E-state index in [1.165, 1.54) is 12.5 Å². The van der Waals surface area contributed by atoms with Gasteiger partial charge in [0.1, 0.15) is 6.61 Å². The SMILES string of the molecule is C=CC(=O)COC1(OC)CCCCC1. The third-order valence-electron chi connectivity index (χ3n) is 2.69. The van der Waals surface area contributed by atoms with Crippen LogP contribution in [0.1, 0.15) is 32.1 Å². The second kappa shape index (κ2) is 5.27. The van der Waals surface area contributed by atoms with Crippen molar-refractivity contribution < 1.29 is 14.3 Å². The van der Waals surface area contributed by atoms with E-state index in [2.05, 4.69) is 6.58 Å². The van der Waals surface area contributed by atoms with Gasteiger partial charge in [0.25, 0.3) is 0 Å². The molecule has 1 fully saturated rings. The van der Waals surface area contributed by atoms with E-state index in [9.17, 15) is 4.79 Å². The molecule has 3 nitrogen and oxygen atoms in total. The zero-order chi connectivity index (χ0) is 10.4. The first-order chi connectivity index (χ1) is 6.72. The second-order valence-electron chi connectivity index (χ2n) is 3.63. The summed E-state index contributed by atoms with van der Waals surface area (Å²) in [6.45, 7) is 3.48. The van der Waals surface area contributed by atoms with Gasteiger partial charge >= 0.3 is 0 Å². The minimum atomic E-state index is -0.517. The summed E-state index contributed by atoms with van der Waals surface area (Å²) in [4.78, 5) is 11.0. The molecule has 0 unspecified atom stereocenters. The van der Waals surface area contributed by atoms with Crippen LogP contribution in [0.15, 0.2) is 12.7 Å². The quantitative estimate of drug-likeness (QED) is 0.501. The number of hydrogen-bond acceptors (Lipinski definition) is 3. The Balaban J connectivity index is 2.43. The van der Waals surface area contributed by atoms with Gasteiger partial charge in [-0.25, -0.2) is 0 Å². The summed E-state index contributed by atoms with van der Waals surface area (Å²) < 4.78 is 10.9. The number of methoxy groups -OCH3 is 1. The van der Waals surface area contributed by atoms with E-state index < -0.39 is 5.79 Å². The largest absolute Gasteiger partial charge is 0.353 e. The van der Waals surface area contributed by atoms with Crippen molar-refractivity contribution in [2.45, 2.75) is 37.9 Å². The Hall–Kier alpha value is -0.670. The molecular formula is C11H18O3. The minimum absolute atomic E-state index is 0.0807. The molecule has 0 aromatic carbocycles. The van der Waals surface area contributed by atoms with Crippen LogP contribution in [0.3, 0.4) is 0 Å². The standard InChI is InChI=1S/C11H18O3/c1-3-10(12)9-14-11(13-2)7-5-4-6-8-11/h3H,1,4-9H2,2H3. The lowest BCUT2D eigenvalue weighted by Gasteiger charge is -2.35. The maximum Gasteiger partial charge on any atom is 0.180 e. The first-order valence-corrected chi connectivity index (χ1v) is 5.07. The summed E-state index contributed by atoms with van der Waals surface area (Å²) in [5.41, 5.74) is 0. The van der Waals surface area contributed by atoms with E-state index in [-0.39, 0.29) is 12.4 Å². The lowest BCUT2D eigenvalue weighted by Crippen LogP contribution is -2.38. The van der Waals surface area contributed by atoms with E-state index in [1.807, 2.05) is 0 Å². The van der Waals surface area contributed by atoms with Crippen LogP contribution in [0, 0.1) is 0 Å². The Kier molecular flexibility index (Phi) is 4.29. The van der Waals surface area contributed by atoms with Crippen LogP contribution in [0.2, 0.25) is 0 Å². The van der Waals surface area contributed by atoms with Gasteiger partial charge in [-0.1, -0.05) is 13.0 Å². The molecule has 0 aromatic heterocycles. The third-order valence-corrected chi connectivity index (χ3v) is 2.69. The highest BCUT2D eigenvalue weighted by atomic mass is 16.7. The molecule has 14 heavy (non-hydrogen) atoms. The number of carbonyl (C=O) groups is 1. The molecule has 0 heterocycles. The highest BCUT2D eigenvalue weighted by molar-refractivity contribution is 5.90. The van der Waals surface area contributed by atoms with Gasteiger partial charge < -0.3 is 9.47 Å². The van der Waals surface area contributed by atoms with Crippen molar-refractivity contribution in [3.8, 4) is 0 Å². The van der Waals surface area contributed by atoms with Gasteiger partial charge in [0.15, 0.2) is 11.6 Å². The molecule has 1 saturated carbocycles. The summed E-state index contributed by atoms with van der Waals surface area (Å²) in [6, 6.07) is 0. The molecule has 80 valence electrons. The topological polar surface area (TPSA) is 35.5 Å². The Morgan fingerprint density at radius 3 is 2.57 bits per heavy atom. The van der Waals surface area contributed by atoms with Gasteiger partial charge in [-0.3, -0.25) is 4.79 Å². The Morgan fingerprint density at radius 1 is 1.43 bits per heavy atom. The van der Waals surface area contributed by atoms with Crippen molar-refractivity contribution in [3.63, 3.8) is 0 Å². The van der Waals surface area contributed by atoms with Crippen LogP contribution in [-0.4, -0.2) is 25.3 Å². The average molecular weight is 198 g/mol. The lowest BCUT2D eigenvalue weighted by atomic mass is 9.94. The second-order valence-corrected chi connectivity index (χ2v) is 3.63. The Morgan fingerprint density at radius 2 is 2.07 bits per heavy atom. The fraction of sp³-hybridized carbons (Fsp3) is 0.727.